The van der Waals surface area contributed by atoms with E-state index >= 15 is 0 Å². The Kier molecular flexibility index (Phi) is 4.70. The molecule has 0 N–H and O–H groups in total. The zero-order chi connectivity index (χ0) is 14.0. The third kappa shape index (κ3) is 3.61. The number of hydrogen-bond donors (Lipinski definition) is 0. The average Bonchev–Trinajstić information content (AvgIpc) is 3.07. The number of allylic oxidation sites excluding steroid dienone is 2. The summed E-state index contributed by atoms with van der Waals surface area (Å²) in [5.41, 5.74) is 1.57. The van der Waals surface area contributed by atoms with Crippen LogP contribution in [0.5, 0.6) is 0 Å². The van der Waals surface area contributed by atoms with Gasteiger partial charge < -0.3 is 4.90 Å². The van der Waals surface area contributed by atoms with Crippen LogP contribution in [0.1, 0.15) is 53.4 Å². The highest BCUT2D eigenvalue weighted by Gasteiger charge is 2.45. The van der Waals surface area contributed by atoms with Crippen LogP contribution in [0.15, 0.2) is 11.6 Å². The van der Waals surface area contributed by atoms with Gasteiger partial charge in [0.15, 0.2) is 0 Å². The molecule has 0 radical (unpaired) electrons. The molecule has 0 spiro atoms. The second-order valence-electron chi connectivity index (χ2n) is 6.70. The van der Waals surface area contributed by atoms with Crippen LogP contribution in [-0.4, -0.2) is 23.9 Å². The van der Waals surface area contributed by atoms with Crippen LogP contribution in [0, 0.1) is 23.7 Å². The second kappa shape index (κ2) is 6.11. The molecule has 19 heavy (non-hydrogen) atoms. The van der Waals surface area contributed by atoms with Crippen LogP contribution in [-0.2, 0) is 4.79 Å². The van der Waals surface area contributed by atoms with Crippen molar-refractivity contribution in [2.75, 3.05) is 13.1 Å². The standard InChI is InChI=1S/C17H29NO/c1-5-8-18(14(4)19)11-15-10-17(15)16-7-6-12(2)9-13(16)3/h9,13,15-17H,5-8,10-11H2,1-4H3/t13?,15-,16?,17?/m1/s1. The van der Waals surface area contributed by atoms with Crippen molar-refractivity contribution < 1.29 is 4.79 Å². The highest BCUT2D eigenvalue weighted by molar-refractivity contribution is 5.73. The summed E-state index contributed by atoms with van der Waals surface area (Å²) in [6, 6.07) is 0. The Labute approximate surface area is 118 Å². The summed E-state index contributed by atoms with van der Waals surface area (Å²) in [5, 5.41) is 0. The van der Waals surface area contributed by atoms with E-state index in [9.17, 15) is 4.79 Å². The number of carbonyl (C=O) groups excluding carboxylic acids is 1. The first-order valence-electron chi connectivity index (χ1n) is 7.95. The van der Waals surface area contributed by atoms with Crippen LogP contribution in [0.25, 0.3) is 0 Å². The van der Waals surface area contributed by atoms with Gasteiger partial charge in [0, 0.05) is 20.0 Å². The minimum atomic E-state index is 0.250. The van der Waals surface area contributed by atoms with Crippen molar-refractivity contribution in [3.05, 3.63) is 11.6 Å². The van der Waals surface area contributed by atoms with E-state index in [2.05, 4.69) is 31.7 Å². The summed E-state index contributed by atoms with van der Waals surface area (Å²) >= 11 is 0. The van der Waals surface area contributed by atoms with Gasteiger partial charge in [-0.2, -0.15) is 0 Å². The lowest BCUT2D eigenvalue weighted by molar-refractivity contribution is -0.129. The highest BCUT2D eigenvalue weighted by Crippen LogP contribution is 2.51. The van der Waals surface area contributed by atoms with Gasteiger partial charge in [0.25, 0.3) is 0 Å². The first kappa shape index (κ1) is 14.6. The predicted octanol–water partition coefficient (Wildman–Crippen LogP) is 3.87. The first-order chi connectivity index (χ1) is 9.02. The molecule has 0 aliphatic heterocycles. The summed E-state index contributed by atoms with van der Waals surface area (Å²) < 4.78 is 0. The number of hydrogen-bond acceptors (Lipinski definition) is 1. The van der Waals surface area contributed by atoms with E-state index in [0.29, 0.717) is 0 Å². The molecule has 2 heteroatoms. The van der Waals surface area contributed by atoms with Crippen molar-refractivity contribution in [2.45, 2.75) is 53.4 Å². The quantitative estimate of drug-likeness (QED) is 0.689. The molecule has 108 valence electrons. The lowest BCUT2D eigenvalue weighted by Crippen LogP contribution is -2.32. The van der Waals surface area contributed by atoms with Crippen LogP contribution in [0.3, 0.4) is 0 Å². The zero-order valence-corrected chi connectivity index (χ0v) is 13.0. The molecule has 4 atom stereocenters. The Hall–Kier alpha value is -0.790. The minimum Gasteiger partial charge on any atom is -0.343 e. The third-order valence-electron chi connectivity index (χ3n) is 5.02. The normalized spacial score (nSPS) is 33.8. The van der Waals surface area contributed by atoms with Crippen molar-refractivity contribution in [1.82, 2.24) is 4.90 Å². The Morgan fingerprint density at radius 3 is 2.74 bits per heavy atom. The van der Waals surface area contributed by atoms with Crippen LogP contribution >= 0.6 is 0 Å². The number of carbonyl (C=O) groups is 1. The van der Waals surface area contributed by atoms with Crippen molar-refractivity contribution in [1.29, 1.82) is 0 Å². The van der Waals surface area contributed by atoms with E-state index in [-0.39, 0.29) is 5.91 Å². The molecule has 2 nitrogen and oxygen atoms in total. The van der Waals surface area contributed by atoms with E-state index < -0.39 is 0 Å². The molecule has 0 bridgehead atoms. The number of rotatable bonds is 5. The SMILES string of the molecule is CCCN(C[C@H]1CC1C1CCC(C)=CC1C)C(C)=O. The molecule has 0 aromatic rings. The van der Waals surface area contributed by atoms with E-state index in [1.54, 1.807) is 12.5 Å². The largest absolute Gasteiger partial charge is 0.343 e. The van der Waals surface area contributed by atoms with Gasteiger partial charge in [-0.25, -0.2) is 0 Å². The van der Waals surface area contributed by atoms with Gasteiger partial charge in [0.05, 0.1) is 0 Å². The van der Waals surface area contributed by atoms with Crippen LogP contribution < -0.4 is 0 Å². The molecule has 2 aliphatic rings. The maximum atomic E-state index is 11.6. The monoisotopic (exact) mass is 263 g/mol. The topological polar surface area (TPSA) is 20.3 Å². The van der Waals surface area contributed by atoms with Crippen molar-refractivity contribution in [2.24, 2.45) is 23.7 Å². The molecule has 3 unspecified atom stereocenters. The molecule has 1 fully saturated rings. The van der Waals surface area contributed by atoms with E-state index in [1.165, 1.54) is 19.3 Å². The van der Waals surface area contributed by atoms with Crippen molar-refractivity contribution in [3.8, 4) is 0 Å². The summed E-state index contributed by atoms with van der Waals surface area (Å²) in [6.07, 6.45) is 7.52. The molecule has 2 aliphatic carbocycles. The lowest BCUT2D eigenvalue weighted by Gasteiger charge is -2.28. The van der Waals surface area contributed by atoms with Gasteiger partial charge >= 0.3 is 0 Å². The molecular weight excluding hydrogens is 234 g/mol. The van der Waals surface area contributed by atoms with E-state index in [4.69, 9.17) is 0 Å². The number of nitrogens with zero attached hydrogens (tertiary/aromatic N) is 1. The van der Waals surface area contributed by atoms with E-state index in [0.717, 1.165) is 43.2 Å². The van der Waals surface area contributed by atoms with Crippen LogP contribution in [0.2, 0.25) is 0 Å². The highest BCUT2D eigenvalue weighted by atomic mass is 16.2. The minimum absolute atomic E-state index is 0.250. The maximum Gasteiger partial charge on any atom is 0.219 e. The molecular formula is C17H29NO. The van der Waals surface area contributed by atoms with Gasteiger partial charge in [-0.05, 0) is 56.3 Å². The smallest absolute Gasteiger partial charge is 0.219 e. The van der Waals surface area contributed by atoms with Gasteiger partial charge in [-0.15, -0.1) is 0 Å². The molecule has 2 rings (SSSR count). The zero-order valence-electron chi connectivity index (χ0n) is 13.0. The van der Waals surface area contributed by atoms with Gasteiger partial charge in [0.2, 0.25) is 5.91 Å². The third-order valence-corrected chi connectivity index (χ3v) is 5.02. The Balaban J connectivity index is 1.85. The molecule has 0 heterocycles. The van der Waals surface area contributed by atoms with Crippen molar-refractivity contribution >= 4 is 5.91 Å². The molecule has 0 aromatic heterocycles. The summed E-state index contributed by atoms with van der Waals surface area (Å²) in [7, 11) is 0. The van der Waals surface area contributed by atoms with Gasteiger partial charge in [-0.1, -0.05) is 25.5 Å². The Bertz CT molecular complexity index is 360. The van der Waals surface area contributed by atoms with E-state index in [1.807, 2.05) is 0 Å². The molecule has 0 aromatic carbocycles. The molecule has 1 amide bonds. The average molecular weight is 263 g/mol. The fraction of sp³-hybridized carbons (Fsp3) is 0.824. The molecule has 1 saturated carbocycles. The van der Waals surface area contributed by atoms with Crippen molar-refractivity contribution in [3.63, 3.8) is 0 Å². The fourth-order valence-electron chi connectivity index (χ4n) is 3.85. The second-order valence-corrected chi connectivity index (χ2v) is 6.70. The van der Waals surface area contributed by atoms with Gasteiger partial charge in [-0.3, -0.25) is 4.79 Å². The maximum absolute atomic E-state index is 11.6. The Morgan fingerprint density at radius 2 is 2.16 bits per heavy atom. The predicted molar refractivity (Wildman–Crippen MR) is 79.8 cm³/mol. The Morgan fingerprint density at radius 1 is 1.42 bits per heavy atom. The first-order valence-corrected chi connectivity index (χ1v) is 7.95. The van der Waals surface area contributed by atoms with Crippen LogP contribution in [0.4, 0.5) is 0 Å². The fourth-order valence-corrected chi connectivity index (χ4v) is 3.85. The summed E-state index contributed by atoms with van der Waals surface area (Å²) in [5.74, 6) is 3.50. The molecule has 0 saturated heterocycles. The summed E-state index contributed by atoms with van der Waals surface area (Å²) in [4.78, 5) is 13.7. The van der Waals surface area contributed by atoms with Gasteiger partial charge in [0.1, 0.15) is 0 Å². The number of amides is 1. The summed E-state index contributed by atoms with van der Waals surface area (Å²) in [6.45, 7) is 10.4. The lowest BCUT2D eigenvalue weighted by atomic mass is 9.78.